The molecule has 0 aliphatic carbocycles. The predicted molar refractivity (Wildman–Crippen MR) is 258 cm³/mol. The molecule has 0 bridgehead atoms. The lowest BCUT2D eigenvalue weighted by molar-refractivity contribution is 0.0642. The van der Waals surface area contributed by atoms with E-state index in [0.717, 1.165) is 84.8 Å². The summed E-state index contributed by atoms with van der Waals surface area (Å²) in [6.07, 6.45) is 10.5. The molecule has 0 radical (unpaired) electrons. The molecular weight excluding hydrogens is 901 g/mol. The Balaban J connectivity index is 0.000000181. The van der Waals surface area contributed by atoms with Crippen LogP contribution in [-0.2, 0) is 21.3 Å². The van der Waals surface area contributed by atoms with Gasteiger partial charge in [0.15, 0.2) is 11.4 Å². The lowest BCUT2D eigenvalue weighted by atomic mass is 9.99. The van der Waals surface area contributed by atoms with Crippen LogP contribution in [-0.4, -0.2) is 82.9 Å². The van der Waals surface area contributed by atoms with E-state index in [1.54, 1.807) is 42.9 Å². The average Bonchev–Trinajstić information content (AvgIpc) is 3.89. The van der Waals surface area contributed by atoms with Gasteiger partial charge in [-0.3, -0.25) is 23.9 Å². The molecule has 2 aliphatic rings. The van der Waals surface area contributed by atoms with Crippen molar-refractivity contribution in [3.63, 3.8) is 0 Å². The number of anilines is 2. The number of fused-ring (bicyclic) bond motifs is 2. The fourth-order valence-corrected chi connectivity index (χ4v) is 8.73. The molecule has 14 nitrogen and oxygen atoms in total. The van der Waals surface area contributed by atoms with Crippen molar-refractivity contribution in [3.05, 3.63) is 162 Å². The number of carbonyl (C=O) groups is 4. The molecule has 7 aromatic rings. The van der Waals surface area contributed by atoms with E-state index in [0.29, 0.717) is 59.3 Å². The van der Waals surface area contributed by atoms with Gasteiger partial charge in [0.1, 0.15) is 0 Å². The Morgan fingerprint density at radius 1 is 0.545 bits per heavy atom. The average molecular weight is 952 g/mol. The summed E-state index contributed by atoms with van der Waals surface area (Å²) in [7, 11) is 0. The molecule has 4 amide bonds. The maximum Gasteiger partial charge on any atom is 0.272 e. The van der Waals surface area contributed by atoms with Gasteiger partial charge < -0.3 is 30.7 Å². The first-order valence-electron chi connectivity index (χ1n) is 22.2. The lowest BCUT2D eigenvalue weighted by Gasteiger charge is -2.22. The molecule has 0 saturated carbocycles. The number of alkyl halides is 1. The fourth-order valence-electron chi connectivity index (χ4n) is 8.24. The largest absolute Gasteiger partial charge is 0.381 e. The Bertz CT molecular complexity index is 2810. The molecule has 66 heavy (non-hydrogen) atoms. The van der Waals surface area contributed by atoms with Gasteiger partial charge in [-0.15, -0.1) is 0 Å². The zero-order valence-corrected chi connectivity index (χ0v) is 38.0. The fraction of sp³-hybridized carbons (Fsp3) is 0.275. The molecule has 2 aliphatic heterocycles. The maximum absolute atomic E-state index is 13.3. The highest BCUT2D eigenvalue weighted by Crippen LogP contribution is 2.28. The van der Waals surface area contributed by atoms with Crippen LogP contribution in [0.15, 0.2) is 128 Å². The molecule has 15 heteroatoms. The Morgan fingerprint density at radius 2 is 1.02 bits per heavy atom. The quantitative estimate of drug-likeness (QED) is 0.0826. The minimum Gasteiger partial charge on any atom is -0.381 e. The monoisotopic (exact) mass is 950 g/mol. The first-order valence-corrected chi connectivity index (χ1v) is 23.3. The number of hydrogen-bond donors (Lipinski definition) is 4. The normalized spacial score (nSPS) is 14.2. The molecule has 3 aromatic heterocycles. The number of rotatable bonds is 13. The van der Waals surface area contributed by atoms with E-state index in [1.807, 2.05) is 89.7 Å². The van der Waals surface area contributed by atoms with Crippen molar-refractivity contribution < 1.29 is 28.7 Å². The van der Waals surface area contributed by atoms with Gasteiger partial charge >= 0.3 is 0 Å². The number of halogens is 1. The summed E-state index contributed by atoms with van der Waals surface area (Å²) in [6, 6.07) is 31.8. The number of amides is 4. The predicted octanol–water partition coefficient (Wildman–Crippen LogP) is 8.43. The third-order valence-corrected chi connectivity index (χ3v) is 12.5. The number of pyridine rings is 2. The summed E-state index contributed by atoms with van der Waals surface area (Å²) < 4.78 is 12.6. The van der Waals surface area contributed by atoms with E-state index >= 15 is 0 Å². The van der Waals surface area contributed by atoms with Crippen molar-refractivity contribution >= 4 is 72.5 Å². The van der Waals surface area contributed by atoms with Crippen LogP contribution in [0.25, 0.3) is 21.5 Å². The molecule has 0 unspecified atom stereocenters. The van der Waals surface area contributed by atoms with Crippen molar-refractivity contribution in [2.24, 2.45) is 11.8 Å². The molecule has 9 rings (SSSR count). The van der Waals surface area contributed by atoms with Crippen molar-refractivity contribution in [1.29, 1.82) is 0 Å². The molecule has 5 heterocycles. The molecular formula is C51H51BrN8O6. The Kier molecular flexibility index (Phi) is 15.5. The highest BCUT2D eigenvalue weighted by Gasteiger charge is 2.22. The molecule has 4 N–H and O–H groups in total. The van der Waals surface area contributed by atoms with Crippen LogP contribution in [0, 0.1) is 11.8 Å². The van der Waals surface area contributed by atoms with Crippen molar-refractivity contribution in [3.8, 4) is 0 Å². The number of benzene rings is 4. The standard InChI is InChI=1S/C27H27N5O3.C24H24BrN3O3/c33-26(23-9-8-20(18-32-14-4-13-30-32)21-5-1-2-6-22(21)23)31-24-7-3-12-28-25(24)27(34)29-17-19-10-15-35-16-11-19;25-14-17-7-8-20(19-5-2-1-4-18(17)19)23(29)28-21-6-3-11-26-22(21)24(30)27-15-16-9-12-31-13-10-16/h1-9,12-14,19H,10-11,15-18H2,(H,29,34)(H,31,33);1-8,11,16H,9-10,12-15H2,(H,27,30)(H,28,29). The second kappa shape index (κ2) is 22.4. The third-order valence-electron chi connectivity index (χ3n) is 11.9. The highest BCUT2D eigenvalue weighted by molar-refractivity contribution is 9.08. The van der Waals surface area contributed by atoms with Gasteiger partial charge in [-0.25, -0.2) is 9.97 Å². The van der Waals surface area contributed by atoms with E-state index in [4.69, 9.17) is 9.47 Å². The molecule has 4 aromatic carbocycles. The Hall–Kier alpha value is -6.81. The van der Waals surface area contributed by atoms with Crippen LogP contribution in [0.1, 0.15) is 78.5 Å². The molecule has 0 spiro atoms. The summed E-state index contributed by atoms with van der Waals surface area (Å²) >= 11 is 3.50. The van der Waals surface area contributed by atoms with Gasteiger partial charge in [0.25, 0.3) is 23.6 Å². The van der Waals surface area contributed by atoms with Crippen LogP contribution >= 0.6 is 15.9 Å². The number of carbonyl (C=O) groups excluding carboxylic acids is 4. The first kappa shape index (κ1) is 45.7. The third kappa shape index (κ3) is 11.3. The second-order valence-corrected chi connectivity index (χ2v) is 16.8. The van der Waals surface area contributed by atoms with Gasteiger partial charge in [-0.05, 0) is 113 Å². The van der Waals surface area contributed by atoms with Gasteiger partial charge in [0.2, 0.25) is 0 Å². The summed E-state index contributed by atoms with van der Waals surface area (Å²) in [5.41, 5.74) is 4.45. The maximum atomic E-state index is 13.3. The number of nitrogens with one attached hydrogen (secondary N) is 4. The van der Waals surface area contributed by atoms with Crippen LogP contribution in [0.3, 0.4) is 0 Å². The van der Waals surface area contributed by atoms with Gasteiger partial charge in [0, 0.05) is 80.8 Å². The van der Waals surface area contributed by atoms with Crippen LogP contribution in [0.4, 0.5) is 11.4 Å². The smallest absolute Gasteiger partial charge is 0.272 e. The summed E-state index contributed by atoms with van der Waals surface area (Å²) in [5, 5.41) is 20.4. The summed E-state index contributed by atoms with van der Waals surface area (Å²) in [5.74, 6) is -0.365. The minimum atomic E-state index is -0.299. The van der Waals surface area contributed by atoms with Gasteiger partial charge in [-0.1, -0.05) is 76.6 Å². The number of ether oxygens (including phenoxy) is 2. The van der Waals surface area contributed by atoms with Crippen molar-refractivity contribution in [2.45, 2.75) is 37.6 Å². The SMILES string of the molecule is O=C(NCC1CCOCC1)c1ncccc1NC(=O)c1ccc(CBr)c2ccccc12.O=C(NCC1CCOCC1)c1ncccc1NC(=O)c1ccc(Cn2cccn2)c2ccccc12. The highest BCUT2D eigenvalue weighted by atomic mass is 79.9. The number of aromatic nitrogens is 4. The van der Waals surface area contributed by atoms with E-state index in [2.05, 4.69) is 52.3 Å². The molecule has 338 valence electrons. The topological polar surface area (TPSA) is 178 Å². The van der Waals surface area contributed by atoms with Gasteiger partial charge in [0.05, 0.1) is 17.9 Å². The zero-order valence-electron chi connectivity index (χ0n) is 36.4. The number of nitrogens with zero attached hydrogens (tertiary/aromatic N) is 4. The van der Waals surface area contributed by atoms with Crippen molar-refractivity contribution in [1.82, 2.24) is 30.4 Å². The van der Waals surface area contributed by atoms with E-state index in [9.17, 15) is 19.2 Å². The van der Waals surface area contributed by atoms with Crippen LogP contribution in [0.5, 0.6) is 0 Å². The lowest BCUT2D eigenvalue weighted by Crippen LogP contribution is -2.33. The van der Waals surface area contributed by atoms with Crippen LogP contribution < -0.4 is 21.3 Å². The Morgan fingerprint density at radius 3 is 1.48 bits per heavy atom. The first-order chi connectivity index (χ1) is 32.4. The summed E-state index contributed by atoms with van der Waals surface area (Å²) in [6.45, 7) is 4.65. The number of hydrogen-bond acceptors (Lipinski definition) is 9. The molecule has 0 atom stereocenters. The van der Waals surface area contributed by atoms with Crippen LogP contribution in [0.2, 0.25) is 0 Å². The van der Waals surface area contributed by atoms with E-state index in [-0.39, 0.29) is 35.0 Å². The van der Waals surface area contributed by atoms with Crippen molar-refractivity contribution in [2.75, 3.05) is 50.2 Å². The summed E-state index contributed by atoms with van der Waals surface area (Å²) in [4.78, 5) is 60.5. The molecule has 2 saturated heterocycles. The van der Waals surface area contributed by atoms with E-state index in [1.165, 1.54) is 0 Å². The molecule has 2 fully saturated rings. The Labute approximate surface area is 391 Å². The van der Waals surface area contributed by atoms with E-state index < -0.39 is 0 Å². The minimum absolute atomic E-state index is 0.201. The second-order valence-electron chi connectivity index (χ2n) is 16.2. The zero-order chi connectivity index (χ0) is 45.7. The van der Waals surface area contributed by atoms with Gasteiger partial charge in [-0.2, -0.15) is 5.10 Å².